The molecule has 3 aromatic rings. The van der Waals surface area contributed by atoms with Crippen LogP contribution in [0.15, 0.2) is 33.3 Å². The van der Waals surface area contributed by atoms with E-state index in [1.165, 1.54) is 0 Å². The number of piperazine rings is 1. The summed E-state index contributed by atoms with van der Waals surface area (Å²) >= 11 is 5.91. The Labute approximate surface area is 155 Å². The van der Waals surface area contributed by atoms with Crippen molar-refractivity contribution in [3.63, 3.8) is 0 Å². The number of aromatic nitrogens is 4. The summed E-state index contributed by atoms with van der Waals surface area (Å²) in [6.07, 6.45) is 0. The molecule has 9 heteroatoms. The van der Waals surface area contributed by atoms with Crippen molar-refractivity contribution in [1.29, 1.82) is 0 Å². The molecule has 4 rings (SSSR count). The molecule has 1 aliphatic rings. The molecule has 1 saturated heterocycles. The molecule has 1 aliphatic heterocycles. The van der Waals surface area contributed by atoms with Crippen LogP contribution in [0.1, 0.15) is 17.6 Å². The van der Waals surface area contributed by atoms with Crippen LogP contribution >= 0.6 is 11.6 Å². The van der Waals surface area contributed by atoms with Crippen molar-refractivity contribution in [3.8, 4) is 11.4 Å². The number of halogens is 1. The molecule has 1 fully saturated rings. The lowest BCUT2D eigenvalue weighted by Gasteiger charge is -2.32. The van der Waals surface area contributed by atoms with Crippen LogP contribution in [0.2, 0.25) is 5.02 Å². The van der Waals surface area contributed by atoms with Gasteiger partial charge in [0.15, 0.2) is 5.82 Å². The van der Waals surface area contributed by atoms with Gasteiger partial charge in [0.05, 0.1) is 13.1 Å². The highest BCUT2D eigenvalue weighted by Crippen LogP contribution is 2.19. The van der Waals surface area contributed by atoms with Gasteiger partial charge in [0, 0.05) is 36.8 Å². The Bertz CT molecular complexity index is 854. The number of rotatable bonds is 5. The SMILES string of the molecule is Cc1noc(CN2CCN(Cc3nc(-c4ccc(Cl)cc4)no3)CC2)n1. The maximum absolute atomic E-state index is 5.91. The predicted molar refractivity (Wildman–Crippen MR) is 94.3 cm³/mol. The lowest BCUT2D eigenvalue weighted by atomic mass is 10.2. The average Bonchev–Trinajstić information content (AvgIpc) is 3.26. The third kappa shape index (κ3) is 4.09. The number of hydrogen-bond donors (Lipinski definition) is 0. The van der Waals surface area contributed by atoms with E-state index in [2.05, 4.69) is 30.1 Å². The standard InChI is InChI=1S/C17H19ClN6O2/c1-12-19-15(25-21-12)10-23-6-8-24(9-7-23)11-16-20-17(22-26-16)13-2-4-14(18)5-3-13/h2-5H,6-11H2,1H3. The van der Waals surface area contributed by atoms with Crippen LogP contribution in [0.25, 0.3) is 11.4 Å². The van der Waals surface area contributed by atoms with E-state index in [9.17, 15) is 0 Å². The zero-order valence-corrected chi connectivity index (χ0v) is 15.2. The molecule has 0 amide bonds. The minimum atomic E-state index is 0.585. The Morgan fingerprint density at radius 3 is 2.04 bits per heavy atom. The van der Waals surface area contributed by atoms with Crippen LogP contribution in [0.5, 0.6) is 0 Å². The first-order valence-electron chi connectivity index (χ1n) is 8.48. The van der Waals surface area contributed by atoms with Crippen LogP contribution in [0.4, 0.5) is 0 Å². The molecule has 0 aliphatic carbocycles. The molecule has 136 valence electrons. The van der Waals surface area contributed by atoms with E-state index >= 15 is 0 Å². The van der Waals surface area contributed by atoms with Gasteiger partial charge in [0.1, 0.15) is 0 Å². The Morgan fingerprint density at radius 1 is 0.885 bits per heavy atom. The molecule has 2 aromatic heterocycles. The maximum atomic E-state index is 5.91. The summed E-state index contributed by atoms with van der Waals surface area (Å²) in [6, 6.07) is 7.40. The van der Waals surface area contributed by atoms with Crippen molar-refractivity contribution in [2.45, 2.75) is 20.0 Å². The predicted octanol–water partition coefficient (Wildman–Crippen LogP) is 2.40. The molecule has 0 unspecified atom stereocenters. The highest BCUT2D eigenvalue weighted by atomic mass is 35.5. The lowest BCUT2D eigenvalue weighted by molar-refractivity contribution is 0.103. The van der Waals surface area contributed by atoms with Crippen molar-refractivity contribution in [2.24, 2.45) is 0 Å². The van der Waals surface area contributed by atoms with E-state index in [4.69, 9.17) is 20.6 Å². The van der Waals surface area contributed by atoms with Gasteiger partial charge in [-0.2, -0.15) is 9.97 Å². The van der Waals surface area contributed by atoms with Crippen LogP contribution < -0.4 is 0 Å². The second-order valence-corrected chi connectivity index (χ2v) is 6.74. The van der Waals surface area contributed by atoms with Crippen LogP contribution in [0, 0.1) is 6.92 Å². The van der Waals surface area contributed by atoms with Crippen LogP contribution in [0.3, 0.4) is 0 Å². The zero-order chi connectivity index (χ0) is 17.9. The Hall–Kier alpha value is -2.29. The summed E-state index contributed by atoms with van der Waals surface area (Å²) in [4.78, 5) is 13.3. The van der Waals surface area contributed by atoms with Crippen LogP contribution in [-0.4, -0.2) is 56.3 Å². The number of hydrogen-bond acceptors (Lipinski definition) is 8. The molecule has 0 N–H and O–H groups in total. The van der Waals surface area contributed by atoms with E-state index in [0.29, 0.717) is 41.5 Å². The summed E-state index contributed by atoms with van der Waals surface area (Å²) in [7, 11) is 0. The first-order chi connectivity index (χ1) is 12.7. The third-order valence-corrected chi connectivity index (χ3v) is 4.57. The van der Waals surface area contributed by atoms with Crippen LogP contribution in [-0.2, 0) is 13.1 Å². The van der Waals surface area contributed by atoms with Gasteiger partial charge in [-0.25, -0.2) is 0 Å². The van der Waals surface area contributed by atoms with E-state index in [-0.39, 0.29) is 0 Å². The first kappa shape index (κ1) is 17.1. The third-order valence-electron chi connectivity index (χ3n) is 4.32. The van der Waals surface area contributed by atoms with E-state index in [1.54, 1.807) is 0 Å². The zero-order valence-electron chi connectivity index (χ0n) is 14.4. The second kappa shape index (κ2) is 7.53. The van der Waals surface area contributed by atoms with Crippen molar-refractivity contribution >= 4 is 11.6 Å². The number of benzene rings is 1. The monoisotopic (exact) mass is 374 g/mol. The van der Waals surface area contributed by atoms with Gasteiger partial charge >= 0.3 is 0 Å². The average molecular weight is 375 g/mol. The fraction of sp³-hybridized carbons (Fsp3) is 0.412. The first-order valence-corrected chi connectivity index (χ1v) is 8.86. The summed E-state index contributed by atoms with van der Waals surface area (Å²) in [5, 5.41) is 8.57. The molecule has 26 heavy (non-hydrogen) atoms. The van der Waals surface area contributed by atoms with Gasteiger partial charge in [-0.05, 0) is 31.2 Å². The van der Waals surface area contributed by atoms with E-state index in [0.717, 1.165) is 31.7 Å². The lowest BCUT2D eigenvalue weighted by Crippen LogP contribution is -2.45. The molecule has 0 bridgehead atoms. The highest BCUT2D eigenvalue weighted by molar-refractivity contribution is 6.30. The fourth-order valence-electron chi connectivity index (χ4n) is 2.93. The Morgan fingerprint density at radius 2 is 1.46 bits per heavy atom. The van der Waals surface area contributed by atoms with Gasteiger partial charge in [-0.1, -0.05) is 21.9 Å². The number of nitrogens with zero attached hydrogens (tertiary/aromatic N) is 6. The Balaban J connectivity index is 1.30. The van der Waals surface area contributed by atoms with Gasteiger partial charge < -0.3 is 9.05 Å². The van der Waals surface area contributed by atoms with Crippen molar-refractivity contribution in [2.75, 3.05) is 26.2 Å². The molecular weight excluding hydrogens is 356 g/mol. The van der Waals surface area contributed by atoms with Gasteiger partial charge in [0.25, 0.3) is 0 Å². The molecular formula is C17H19ClN6O2. The molecule has 0 radical (unpaired) electrons. The summed E-state index contributed by atoms with van der Waals surface area (Å²) < 4.78 is 10.6. The minimum absolute atomic E-state index is 0.585. The summed E-state index contributed by atoms with van der Waals surface area (Å²) in [6.45, 7) is 6.87. The Kier molecular flexibility index (Phi) is 4.96. The molecule has 0 saturated carbocycles. The second-order valence-electron chi connectivity index (χ2n) is 6.31. The van der Waals surface area contributed by atoms with Crippen molar-refractivity contribution < 1.29 is 9.05 Å². The van der Waals surface area contributed by atoms with E-state index < -0.39 is 0 Å². The smallest absolute Gasteiger partial charge is 0.241 e. The van der Waals surface area contributed by atoms with Crippen molar-refractivity contribution in [3.05, 3.63) is 46.9 Å². The normalized spacial score (nSPS) is 16.2. The molecule has 0 atom stereocenters. The molecule has 8 nitrogen and oxygen atoms in total. The largest absolute Gasteiger partial charge is 0.338 e. The van der Waals surface area contributed by atoms with E-state index in [1.807, 2.05) is 31.2 Å². The van der Waals surface area contributed by atoms with Gasteiger partial charge in [-0.3, -0.25) is 9.80 Å². The maximum Gasteiger partial charge on any atom is 0.241 e. The van der Waals surface area contributed by atoms with Gasteiger partial charge in [0.2, 0.25) is 17.6 Å². The topological polar surface area (TPSA) is 84.3 Å². The molecule has 0 spiro atoms. The number of aryl methyl sites for hydroxylation is 1. The summed E-state index contributed by atoms with van der Waals surface area (Å²) in [5.41, 5.74) is 0.893. The molecule has 1 aromatic carbocycles. The summed E-state index contributed by atoms with van der Waals surface area (Å²) in [5.74, 6) is 2.55. The van der Waals surface area contributed by atoms with Gasteiger partial charge in [-0.15, -0.1) is 0 Å². The quantitative estimate of drug-likeness (QED) is 0.673. The fourth-order valence-corrected chi connectivity index (χ4v) is 3.05. The van der Waals surface area contributed by atoms with Crippen molar-refractivity contribution in [1.82, 2.24) is 30.1 Å². The highest BCUT2D eigenvalue weighted by Gasteiger charge is 2.21. The minimum Gasteiger partial charge on any atom is -0.338 e. The molecule has 3 heterocycles.